The zero-order valence-corrected chi connectivity index (χ0v) is 19.3. The van der Waals surface area contributed by atoms with Crippen LogP contribution in [-0.2, 0) is 19.1 Å². The van der Waals surface area contributed by atoms with Gasteiger partial charge in [0.1, 0.15) is 5.75 Å². The van der Waals surface area contributed by atoms with Crippen molar-refractivity contribution in [2.75, 3.05) is 39.9 Å². The number of ether oxygens (including phenoxy) is 2. The average Bonchev–Trinajstić information content (AvgIpc) is 2.75. The van der Waals surface area contributed by atoms with Crippen molar-refractivity contribution >= 4 is 17.8 Å². The third-order valence-corrected chi connectivity index (χ3v) is 5.58. The predicted octanol–water partition coefficient (Wildman–Crippen LogP) is 3.11. The molecule has 7 heteroatoms. The fourth-order valence-corrected chi connectivity index (χ4v) is 3.66. The standard InChI is InChI=1S/C24H36N2O5/c1-5-30-24(29)20-9-8-13-26(16-20)23(28)17-25(4)22(27)10-6-7-14-31-21-15-18(2)11-12-19(21)3/h11-12,15,20H,5-10,13-14,16-17H2,1-4H3. The zero-order valence-electron chi connectivity index (χ0n) is 19.3. The van der Waals surface area contributed by atoms with Crippen LogP contribution in [0.5, 0.6) is 5.75 Å². The van der Waals surface area contributed by atoms with Crippen molar-refractivity contribution in [2.24, 2.45) is 5.92 Å². The first-order chi connectivity index (χ1) is 14.8. The summed E-state index contributed by atoms with van der Waals surface area (Å²) < 4.78 is 10.9. The van der Waals surface area contributed by atoms with Gasteiger partial charge in [-0.1, -0.05) is 12.1 Å². The number of amides is 2. The van der Waals surface area contributed by atoms with E-state index in [1.165, 1.54) is 4.90 Å². The molecule has 0 spiro atoms. The van der Waals surface area contributed by atoms with Gasteiger partial charge in [0, 0.05) is 26.6 Å². The molecule has 0 saturated carbocycles. The topological polar surface area (TPSA) is 76.2 Å². The normalized spacial score (nSPS) is 16.0. The fraction of sp³-hybridized carbons (Fsp3) is 0.625. The smallest absolute Gasteiger partial charge is 0.310 e. The van der Waals surface area contributed by atoms with E-state index in [4.69, 9.17) is 9.47 Å². The second kappa shape index (κ2) is 12.3. The van der Waals surface area contributed by atoms with Crippen molar-refractivity contribution in [3.63, 3.8) is 0 Å². The minimum atomic E-state index is -0.268. The van der Waals surface area contributed by atoms with Crippen LogP contribution in [0.1, 0.15) is 50.2 Å². The van der Waals surface area contributed by atoms with E-state index >= 15 is 0 Å². The van der Waals surface area contributed by atoms with Gasteiger partial charge >= 0.3 is 5.97 Å². The summed E-state index contributed by atoms with van der Waals surface area (Å²) in [7, 11) is 1.65. The van der Waals surface area contributed by atoms with Gasteiger partial charge in [0.25, 0.3) is 0 Å². The number of rotatable bonds is 10. The molecule has 1 atom stereocenters. The lowest BCUT2D eigenvalue weighted by molar-refractivity contribution is -0.152. The van der Waals surface area contributed by atoms with Gasteiger partial charge in [-0.2, -0.15) is 0 Å². The minimum absolute atomic E-state index is 0.0351. The van der Waals surface area contributed by atoms with E-state index in [-0.39, 0.29) is 30.2 Å². The maximum Gasteiger partial charge on any atom is 0.310 e. The van der Waals surface area contributed by atoms with E-state index in [2.05, 4.69) is 6.07 Å². The molecule has 1 fully saturated rings. The summed E-state index contributed by atoms with van der Waals surface area (Å²) in [6.45, 7) is 7.75. The van der Waals surface area contributed by atoms with Gasteiger partial charge in [0.05, 0.1) is 25.7 Å². The molecule has 31 heavy (non-hydrogen) atoms. The molecule has 0 radical (unpaired) electrons. The highest BCUT2D eigenvalue weighted by Gasteiger charge is 2.30. The molecule has 0 N–H and O–H groups in total. The van der Waals surface area contributed by atoms with Crippen LogP contribution in [0.25, 0.3) is 0 Å². The maximum absolute atomic E-state index is 12.6. The molecule has 2 rings (SSSR count). The van der Waals surface area contributed by atoms with Gasteiger partial charge in [-0.05, 0) is 63.6 Å². The van der Waals surface area contributed by atoms with Crippen molar-refractivity contribution in [1.82, 2.24) is 9.80 Å². The Morgan fingerprint density at radius 3 is 2.71 bits per heavy atom. The molecule has 1 aromatic rings. The van der Waals surface area contributed by atoms with Crippen LogP contribution in [0.3, 0.4) is 0 Å². The van der Waals surface area contributed by atoms with Crippen LogP contribution in [0, 0.1) is 19.8 Å². The van der Waals surface area contributed by atoms with Crippen molar-refractivity contribution in [3.05, 3.63) is 29.3 Å². The molecule has 7 nitrogen and oxygen atoms in total. The third kappa shape index (κ3) is 7.89. The first-order valence-electron chi connectivity index (χ1n) is 11.2. The number of piperidine rings is 1. The lowest BCUT2D eigenvalue weighted by Gasteiger charge is -2.32. The summed E-state index contributed by atoms with van der Waals surface area (Å²) in [5.41, 5.74) is 2.26. The van der Waals surface area contributed by atoms with Crippen LogP contribution < -0.4 is 4.74 Å². The molecular weight excluding hydrogens is 396 g/mol. The number of unbranched alkanes of at least 4 members (excludes halogenated alkanes) is 1. The zero-order chi connectivity index (χ0) is 22.8. The Balaban J connectivity index is 1.68. The van der Waals surface area contributed by atoms with Crippen LogP contribution >= 0.6 is 0 Å². The molecule has 1 aliphatic heterocycles. The largest absolute Gasteiger partial charge is 0.493 e. The molecule has 0 aliphatic carbocycles. The average molecular weight is 433 g/mol. The molecular formula is C24H36N2O5. The number of nitrogens with zero attached hydrogens (tertiary/aromatic N) is 2. The summed E-state index contributed by atoms with van der Waals surface area (Å²) in [4.78, 5) is 40.1. The quantitative estimate of drug-likeness (QED) is 0.419. The van der Waals surface area contributed by atoms with Gasteiger partial charge in [-0.3, -0.25) is 14.4 Å². The summed E-state index contributed by atoms with van der Waals surface area (Å²) in [6, 6.07) is 6.11. The van der Waals surface area contributed by atoms with Gasteiger partial charge in [-0.15, -0.1) is 0 Å². The third-order valence-electron chi connectivity index (χ3n) is 5.58. The Bertz CT molecular complexity index is 764. The molecule has 0 bridgehead atoms. The van der Waals surface area contributed by atoms with Crippen molar-refractivity contribution in [1.29, 1.82) is 0 Å². The lowest BCUT2D eigenvalue weighted by Crippen LogP contribution is -2.47. The van der Waals surface area contributed by atoms with Gasteiger partial charge < -0.3 is 19.3 Å². The number of carbonyl (C=O) groups is 3. The first kappa shape index (κ1) is 24.7. The first-order valence-corrected chi connectivity index (χ1v) is 11.2. The van der Waals surface area contributed by atoms with E-state index in [1.54, 1.807) is 18.9 Å². The highest BCUT2D eigenvalue weighted by Crippen LogP contribution is 2.20. The van der Waals surface area contributed by atoms with E-state index < -0.39 is 0 Å². The van der Waals surface area contributed by atoms with Crippen LogP contribution in [0.4, 0.5) is 0 Å². The van der Waals surface area contributed by atoms with Crippen LogP contribution in [0.2, 0.25) is 0 Å². The predicted molar refractivity (Wildman–Crippen MR) is 119 cm³/mol. The molecule has 172 valence electrons. The molecule has 1 saturated heterocycles. The summed E-state index contributed by atoms with van der Waals surface area (Å²) in [5.74, 6) is 0.196. The highest BCUT2D eigenvalue weighted by molar-refractivity contribution is 5.85. The Labute approximate surface area is 185 Å². The number of benzene rings is 1. The number of hydrogen-bond donors (Lipinski definition) is 0. The van der Waals surface area contributed by atoms with Crippen molar-refractivity contribution < 1.29 is 23.9 Å². The summed E-state index contributed by atoms with van der Waals surface area (Å²) in [6.07, 6.45) is 3.37. The van der Waals surface area contributed by atoms with Gasteiger partial charge in [0.15, 0.2) is 0 Å². The lowest BCUT2D eigenvalue weighted by atomic mass is 9.98. The maximum atomic E-state index is 12.6. The summed E-state index contributed by atoms with van der Waals surface area (Å²) in [5, 5.41) is 0. The van der Waals surface area contributed by atoms with Gasteiger partial charge in [-0.25, -0.2) is 0 Å². The second-order valence-corrected chi connectivity index (χ2v) is 8.26. The Hall–Kier alpha value is -2.57. The molecule has 1 aromatic carbocycles. The number of likely N-dealkylation sites (tertiary alicyclic amines) is 1. The molecule has 0 aromatic heterocycles. The second-order valence-electron chi connectivity index (χ2n) is 8.26. The monoisotopic (exact) mass is 432 g/mol. The van der Waals surface area contributed by atoms with E-state index in [1.807, 2.05) is 26.0 Å². The van der Waals surface area contributed by atoms with Crippen LogP contribution in [0.15, 0.2) is 18.2 Å². The van der Waals surface area contributed by atoms with Gasteiger partial charge in [0.2, 0.25) is 11.8 Å². The Morgan fingerprint density at radius 2 is 1.97 bits per heavy atom. The van der Waals surface area contributed by atoms with E-state index in [0.29, 0.717) is 39.1 Å². The van der Waals surface area contributed by atoms with Crippen molar-refractivity contribution in [2.45, 2.75) is 52.9 Å². The number of carbonyl (C=O) groups excluding carboxylic acids is 3. The number of esters is 1. The molecule has 1 aliphatic rings. The molecule has 1 unspecified atom stereocenters. The Morgan fingerprint density at radius 1 is 1.19 bits per heavy atom. The molecule has 2 amide bonds. The van der Waals surface area contributed by atoms with Crippen molar-refractivity contribution in [3.8, 4) is 5.75 Å². The summed E-state index contributed by atoms with van der Waals surface area (Å²) >= 11 is 0. The number of hydrogen-bond acceptors (Lipinski definition) is 5. The molecule has 1 heterocycles. The SMILES string of the molecule is CCOC(=O)C1CCCN(C(=O)CN(C)C(=O)CCCCOc2cc(C)ccc2C)C1. The van der Waals surface area contributed by atoms with Crippen LogP contribution in [-0.4, -0.2) is 67.5 Å². The Kier molecular flexibility index (Phi) is 9.82. The number of likely N-dealkylation sites (N-methyl/N-ethyl adjacent to an activating group) is 1. The minimum Gasteiger partial charge on any atom is -0.493 e. The highest BCUT2D eigenvalue weighted by atomic mass is 16.5. The fourth-order valence-electron chi connectivity index (χ4n) is 3.66. The number of aryl methyl sites for hydroxylation is 2. The van der Waals surface area contributed by atoms with E-state index in [9.17, 15) is 14.4 Å². The van der Waals surface area contributed by atoms with E-state index in [0.717, 1.165) is 36.1 Å².